The largest absolute Gasteiger partial charge is 0.466 e. The number of hydrogen-bond acceptors (Lipinski definition) is 3. The maximum atomic E-state index is 12.2. The van der Waals surface area contributed by atoms with Gasteiger partial charge in [0.2, 0.25) is 0 Å². The van der Waals surface area contributed by atoms with Crippen molar-refractivity contribution in [2.75, 3.05) is 6.61 Å². The first-order chi connectivity index (χ1) is 10.9. The maximum Gasteiger partial charge on any atom is 0.306 e. The normalized spacial score (nSPS) is 16.2. The molecule has 0 aliphatic rings. The number of benzene rings is 1. The van der Waals surface area contributed by atoms with Crippen LogP contribution in [0, 0.1) is 0 Å². The summed E-state index contributed by atoms with van der Waals surface area (Å²) in [5.74, 6) is -0.373. The molecule has 0 amide bonds. The van der Waals surface area contributed by atoms with Gasteiger partial charge < -0.3 is 4.74 Å². The Morgan fingerprint density at radius 3 is 2.17 bits per heavy atom. The first-order valence-electron chi connectivity index (χ1n) is 7.18. The van der Waals surface area contributed by atoms with Crippen molar-refractivity contribution in [2.24, 2.45) is 0 Å². The van der Waals surface area contributed by atoms with Gasteiger partial charge in [0.05, 0.1) is 22.7 Å². The molecule has 23 heavy (non-hydrogen) atoms. The van der Waals surface area contributed by atoms with E-state index in [1.807, 2.05) is 30.3 Å². The van der Waals surface area contributed by atoms with Crippen molar-refractivity contribution >= 4 is 75.5 Å². The Morgan fingerprint density at radius 1 is 1.00 bits per heavy atom. The van der Waals surface area contributed by atoms with Crippen molar-refractivity contribution in [1.82, 2.24) is 0 Å². The molecule has 0 bridgehead atoms. The molecule has 0 aromatic heterocycles. The summed E-state index contributed by atoms with van der Waals surface area (Å²) in [5, 5.41) is 0. The summed E-state index contributed by atoms with van der Waals surface area (Å²) in [4.78, 5) is 23.1. The SMILES string of the molecule is CCOC(=O)CCC(=O)C(Br)C(Br)C(Br)C(Br)c1ccccc1. The van der Waals surface area contributed by atoms with Crippen LogP contribution >= 0.6 is 63.7 Å². The summed E-state index contributed by atoms with van der Waals surface area (Å²) in [6.45, 7) is 2.08. The molecule has 0 heterocycles. The minimum Gasteiger partial charge on any atom is -0.466 e. The highest BCUT2D eigenvalue weighted by Gasteiger charge is 2.33. The monoisotopic (exact) mass is 574 g/mol. The van der Waals surface area contributed by atoms with Gasteiger partial charge in [0.15, 0.2) is 0 Å². The van der Waals surface area contributed by atoms with Crippen LogP contribution in [0.4, 0.5) is 0 Å². The lowest BCUT2D eigenvalue weighted by Crippen LogP contribution is -2.33. The Balaban J connectivity index is 2.59. The highest BCUT2D eigenvalue weighted by Crippen LogP contribution is 2.38. The molecular formula is C16H18Br4O3. The maximum absolute atomic E-state index is 12.2. The molecule has 128 valence electrons. The molecule has 4 atom stereocenters. The third-order valence-electron chi connectivity index (χ3n) is 3.17. The number of Topliss-reactive ketones (excluding diaryl/α,β-unsaturated/α-hetero) is 1. The molecular weight excluding hydrogens is 560 g/mol. The first-order valence-corrected chi connectivity index (χ1v) is 10.8. The van der Waals surface area contributed by atoms with Crippen molar-refractivity contribution in [3.63, 3.8) is 0 Å². The third-order valence-corrected chi connectivity index (χ3v) is 9.67. The van der Waals surface area contributed by atoms with E-state index in [4.69, 9.17) is 4.74 Å². The number of rotatable bonds is 9. The smallest absolute Gasteiger partial charge is 0.306 e. The molecule has 4 unspecified atom stereocenters. The quantitative estimate of drug-likeness (QED) is 0.295. The zero-order chi connectivity index (χ0) is 17.4. The number of halogens is 4. The molecule has 1 rings (SSSR count). The zero-order valence-electron chi connectivity index (χ0n) is 12.6. The van der Waals surface area contributed by atoms with Crippen LogP contribution in [0.3, 0.4) is 0 Å². The van der Waals surface area contributed by atoms with E-state index in [0.29, 0.717) is 6.61 Å². The summed E-state index contributed by atoms with van der Waals surface area (Å²) in [6.07, 6.45) is 0.271. The molecule has 0 radical (unpaired) electrons. The Hall–Kier alpha value is 0.280. The van der Waals surface area contributed by atoms with E-state index < -0.39 is 4.83 Å². The molecule has 0 fully saturated rings. The summed E-state index contributed by atoms with van der Waals surface area (Å²) in [6, 6.07) is 9.97. The summed E-state index contributed by atoms with van der Waals surface area (Å²) in [5.41, 5.74) is 1.12. The van der Waals surface area contributed by atoms with E-state index in [0.717, 1.165) is 5.56 Å². The lowest BCUT2D eigenvalue weighted by Gasteiger charge is -2.25. The first kappa shape index (κ1) is 21.3. The van der Waals surface area contributed by atoms with Gasteiger partial charge in [-0.3, -0.25) is 9.59 Å². The standard InChI is InChI=1S/C16H18Br4O3/c1-2-23-12(22)9-8-11(21)14(18)16(20)15(19)13(17)10-6-4-3-5-7-10/h3-7,13-16H,2,8-9H2,1H3. The van der Waals surface area contributed by atoms with Crippen molar-refractivity contribution in [2.45, 2.75) is 39.1 Å². The molecule has 0 aliphatic heterocycles. The van der Waals surface area contributed by atoms with E-state index in [1.165, 1.54) is 0 Å². The molecule has 3 nitrogen and oxygen atoms in total. The van der Waals surface area contributed by atoms with E-state index in [1.54, 1.807) is 6.92 Å². The molecule has 0 saturated heterocycles. The van der Waals surface area contributed by atoms with Gasteiger partial charge in [-0.15, -0.1) is 0 Å². The molecule has 0 N–H and O–H groups in total. The van der Waals surface area contributed by atoms with E-state index in [-0.39, 0.29) is 39.1 Å². The number of hydrogen-bond donors (Lipinski definition) is 0. The van der Waals surface area contributed by atoms with Gasteiger partial charge in [-0.05, 0) is 12.5 Å². The number of ether oxygens (including phenoxy) is 1. The fourth-order valence-corrected chi connectivity index (χ4v) is 5.14. The van der Waals surface area contributed by atoms with Crippen molar-refractivity contribution in [3.05, 3.63) is 35.9 Å². The predicted octanol–water partition coefficient (Wildman–Crippen LogP) is 5.33. The minimum atomic E-state index is -0.398. The zero-order valence-corrected chi connectivity index (χ0v) is 18.9. The van der Waals surface area contributed by atoms with Gasteiger partial charge in [-0.25, -0.2) is 0 Å². The minimum absolute atomic E-state index is 0.0131. The molecule has 0 spiro atoms. The number of carbonyl (C=O) groups excluding carboxylic acids is 2. The molecule has 1 aromatic carbocycles. The van der Waals surface area contributed by atoms with Gasteiger partial charge in [0.25, 0.3) is 0 Å². The average Bonchev–Trinajstić information content (AvgIpc) is 2.58. The Labute approximate surface area is 170 Å². The van der Waals surface area contributed by atoms with Crippen LogP contribution in [0.2, 0.25) is 0 Å². The van der Waals surface area contributed by atoms with Crippen molar-refractivity contribution in [1.29, 1.82) is 0 Å². The number of alkyl halides is 4. The van der Waals surface area contributed by atoms with Crippen LogP contribution in [-0.4, -0.2) is 32.8 Å². The van der Waals surface area contributed by atoms with Crippen molar-refractivity contribution in [3.8, 4) is 0 Å². The number of carbonyl (C=O) groups is 2. The van der Waals surface area contributed by atoms with Crippen LogP contribution in [-0.2, 0) is 14.3 Å². The fourth-order valence-electron chi connectivity index (χ4n) is 1.92. The number of esters is 1. The Kier molecular flexibility index (Phi) is 10.2. The van der Waals surface area contributed by atoms with Gasteiger partial charge in [0.1, 0.15) is 5.78 Å². The molecule has 0 aliphatic carbocycles. The number of ketones is 1. The van der Waals surface area contributed by atoms with Crippen LogP contribution in [0.25, 0.3) is 0 Å². The van der Waals surface area contributed by atoms with E-state index in [9.17, 15) is 9.59 Å². The second kappa shape index (κ2) is 11.0. The summed E-state index contributed by atoms with van der Waals surface area (Å²) >= 11 is 14.3. The predicted molar refractivity (Wildman–Crippen MR) is 107 cm³/mol. The van der Waals surface area contributed by atoms with Crippen LogP contribution < -0.4 is 0 Å². The molecule has 1 aromatic rings. The lowest BCUT2D eigenvalue weighted by atomic mass is 10.0. The van der Waals surface area contributed by atoms with Gasteiger partial charge >= 0.3 is 5.97 Å². The molecule has 7 heteroatoms. The van der Waals surface area contributed by atoms with Crippen LogP contribution in [0.5, 0.6) is 0 Å². The summed E-state index contributed by atoms with van der Waals surface area (Å²) in [7, 11) is 0. The van der Waals surface area contributed by atoms with Crippen LogP contribution in [0.15, 0.2) is 30.3 Å². The third kappa shape index (κ3) is 6.96. The lowest BCUT2D eigenvalue weighted by molar-refractivity contribution is -0.144. The van der Waals surface area contributed by atoms with E-state index in [2.05, 4.69) is 63.7 Å². The van der Waals surface area contributed by atoms with Gasteiger partial charge in [-0.1, -0.05) is 94.1 Å². The summed E-state index contributed by atoms with van der Waals surface area (Å²) < 4.78 is 4.84. The van der Waals surface area contributed by atoms with Crippen LogP contribution in [0.1, 0.15) is 30.2 Å². The molecule has 0 saturated carbocycles. The highest BCUT2D eigenvalue weighted by molar-refractivity contribution is 9.14. The highest BCUT2D eigenvalue weighted by atomic mass is 79.9. The van der Waals surface area contributed by atoms with E-state index >= 15 is 0 Å². The topological polar surface area (TPSA) is 43.4 Å². The van der Waals surface area contributed by atoms with Crippen molar-refractivity contribution < 1.29 is 14.3 Å². The Morgan fingerprint density at radius 2 is 1.61 bits per heavy atom. The van der Waals surface area contributed by atoms with Gasteiger partial charge in [-0.2, -0.15) is 0 Å². The Bertz CT molecular complexity index is 509. The van der Waals surface area contributed by atoms with Gasteiger partial charge in [0, 0.05) is 16.1 Å². The average molecular weight is 578 g/mol. The second-order valence-corrected chi connectivity index (χ2v) is 8.96. The second-order valence-electron chi connectivity index (χ2n) is 4.87. The fraction of sp³-hybridized carbons (Fsp3) is 0.500.